The summed E-state index contributed by atoms with van der Waals surface area (Å²) in [6.07, 6.45) is 0. The molecule has 0 unspecified atom stereocenters. The van der Waals surface area contributed by atoms with E-state index < -0.39 is 0 Å². The second-order valence-corrected chi connectivity index (χ2v) is 2.19. The summed E-state index contributed by atoms with van der Waals surface area (Å²) in [7, 11) is 0. The Morgan fingerprint density at radius 1 is 1.33 bits per heavy atom. The van der Waals surface area contributed by atoms with E-state index in [1.807, 2.05) is 0 Å². The Morgan fingerprint density at radius 3 is 2.25 bits per heavy atom. The van der Waals surface area contributed by atoms with E-state index in [4.69, 9.17) is 0 Å². The molecule has 66 valence electrons. The minimum Gasteiger partial charge on any atom is -0.326 e. The highest BCUT2D eigenvalue weighted by molar-refractivity contribution is 5.88. The lowest BCUT2D eigenvalue weighted by Crippen LogP contribution is -2.05. The molecule has 1 amide bonds. The Bertz CT molecular complexity index is 260. The number of carbonyl (C=O) groups excluding carboxylic acids is 1. The van der Waals surface area contributed by atoms with Crippen LogP contribution in [0, 0.1) is 5.82 Å². The van der Waals surface area contributed by atoms with Gasteiger partial charge in [-0.25, -0.2) is 4.39 Å². The fourth-order valence-corrected chi connectivity index (χ4v) is 0.736. The Balaban J connectivity index is 0.00000121. The Kier molecular flexibility index (Phi) is 4.29. The number of anilines is 1. The van der Waals surface area contributed by atoms with Crippen LogP contribution in [0.5, 0.6) is 0 Å². The van der Waals surface area contributed by atoms with Gasteiger partial charge in [0, 0.05) is 12.6 Å². The van der Waals surface area contributed by atoms with Gasteiger partial charge < -0.3 is 5.32 Å². The molecule has 0 aliphatic carbocycles. The first-order valence-corrected chi connectivity index (χ1v) is 3.21. The van der Waals surface area contributed by atoms with Crippen molar-refractivity contribution in [2.45, 2.75) is 6.92 Å². The maximum atomic E-state index is 12.3. The number of rotatable bonds is 1. The zero-order chi connectivity index (χ0) is 8.27. The van der Waals surface area contributed by atoms with Crippen LogP contribution in [0.15, 0.2) is 24.3 Å². The molecule has 0 atom stereocenters. The summed E-state index contributed by atoms with van der Waals surface area (Å²) < 4.78 is 12.3. The highest BCUT2D eigenvalue weighted by Gasteiger charge is 1.93. The molecule has 12 heavy (non-hydrogen) atoms. The third kappa shape index (κ3) is 3.34. The molecule has 0 spiro atoms. The van der Waals surface area contributed by atoms with Crippen LogP contribution in [0.1, 0.15) is 6.92 Å². The largest absolute Gasteiger partial charge is 0.326 e. The van der Waals surface area contributed by atoms with Gasteiger partial charge in [0.05, 0.1) is 0 Å². The van der Waals surface area contributed by atoms with Crippen LogP contribution in [-0.4, -0.2) is 5.91 Å². The van der Waals surface area contributed by atoms with E-state index >= 15 is 0 Å². The third-order valence-electron chi connectivity index (χ3n) is 1.16. The number of halogens is 2. The molecule has 0 heterocycles. The van der Waals surface area contributed by atoms with Crippen LogP contribution in [-0.2, 0) is 4.79 Å². The molecule has 0 saturated carbocycles. The molecule has 0 fully saturated rings. The van der Waals surface area contributed by atoms with Gasteiger partial charge >= 0.3 is 0 Å². The third-order valence-corrected chi connectivity index (χ3v) is 1.16. The van der Waals surface area contributed by atoms with Gasteiger partial charge in [-0.05, 0) is 24.3 Å². The number of benzene rings is 1. The number of hydrogen-bond acceptors (Lipinski definition) is 1. The first-order chi connectivity index (χ1) is 5.18. The zero-order valence-electron chi connectivity index (χ0n) is 6.50. The van der Waals surface area contributed by atoms with Gasteiger partial charge in [0.25, 0.3) is 0 Å². The van der Waals surface area contributed by atoms with Crippen molar-refractivity contribution in [2.75, 3.05) is 5.32 Å². The molecular formula is C8H9ClFNO. The lowest BCUT2D eigenvalue weighted by molar-refractivity contribution is -0.114. The highest BCUT2D eigenvalue weighted by Crippen LogP contribution is 2.07. The molecular weight excluding hydrogens is 181 g/mol. The summed E-state index contributed by atoms with van der Waals surface area (Å²) in [6, 6.07) is 5.62. The van der Waals surface area contributed by atoms with Crippen LogP contribution >= 0.6 is 12.4 Å². The SMILES string of the molecule is CC(=O)Nc1ccc(F)cc1.Cl. The smallest absolute Gasteiger partial charge is 0.221 e. The molecule has 0 radical (unpaired) electrons. The van der Waals surface area contributed by atoms with Crippen LogP contribution in [0.3, 0.4) is 0 Å². The van der Waals surface area contributed by atoms with E-state index in [1.54, 1.807) is 0 Å². The highest BCUT2D eigenvalue weighted by atomic mass is 35.5. The Morgan fingerprint density at radius 2 is 1.83 bits per heavy atom. The van der Waals surface area contributed by atoms with Gasteiger partial charge in [-0.3, -0.25) is 4.79 Å². The molecule has 0 bridgehead atoms. The summed E-state index contributed by atoms with van der Waals surface area (Å²) in [5, 5.41) is 2.53. The van der Waals surface area contributed by atoms with Crippen molar-refractivity contribution in [3.63, 3.8) is 0 Å². The first-order valence-electron chi connectivity index (χ1n) is 3.21. The molecule has 0 aromatic heterocycles. The van der Waals surface area contributed by atoms with Crippen molar-refractivity contribution in [2.24, 2.45) is 0 Å². The number of amides is 1. The molecule has 1 aromatic carbocycles. The van der Waals surface area contributed by atoms with E-state index in [0.717, 1.165) is 0 Å². The molecule has 0 aliphatic heterocycles. The summed E-state index contributed by atoms with van der Waals surface area (Å²) in [4.78, 5) is 10.5. The van der Waals surface area contributed by atoms with E-state index in [-0.39, 0.29) is 24.1 Å². The normalized spacial score (nSPS) is 8.50. The number of nitrogens with one attached hydrogen (secondary N) is 1. The molecule has 1 rings (SSSR count). The Hall–Kier alpha value is -1.09. The topological polar surface area (TPSA) is 29.1 Å². The average Bonchev–Trinajstić information content (AvgIpc) is 1.93. The van der Waals surface area contributed by atoms with Crippen molar-refractivity contribution < 1.29 is 9.18 Å². The van der Waals surface area contributed by atoms with Gasteiger partial charge in [0.2, 0.25) is 5.91 Å². The summed E-state index contributed by atoms with van der Waals surface area (Å²) in [5.41, 5.74) is 0.610. The van der Waals surface area contributed by atoms with Gasteiger partial charge in [-0.15, -0.1) is 12.4 Å². The first kappa shape index (κ1) is 10.9. The van der Waals surface area contributed by atoms with E-state index in [9.17, 15) is 9.18 Å². The lowest BCUT2D eigenvalue weighted by Gasteiger charge is -1.99. The van der Waals surface area contributed by atoms with Crippen molar-refractivity contribution in [3.05, 3.63) is 30.1 Å². The van der Waals surface area contributed by atoms with E-state index in [1.165, 1.54) is 31.2 Å². The number of hydrogen-bond donors (Lipinski definition) is 1. The monoisotopic (exact) mass is 189 g/mol. The zero-order valence-corrected chi connectivity index (χ0v) is 7.32. The maximum absolute atomic E-state index is 12.3. The maximum Gasteiger partial charge on any atom is 0.221 e. The second-order valence-electron chi connectivity index (χ2n) is 2.19. The van der Waals surface area contributed by atoms with E-state index in [0.29, 0.717) is 5.69 Å². The van der Waals surface area contributed by atoms with Gasteiger partial charge in [0.15, 0.2) is 0 Å². The van der Waals surface area contributed by atoms with Crippen molar-refractivity contribution in [3.8, 4) is 0 Å². The van der Waals surface area contributed by atoms with Crippen LogP contribution < -0.4 is 5.32 Å². The van der Waals surface area contributed by atoms with E-state index in [2.05, 4.69) is 5.32 Å². The molecule has 1 N–H and O–H groups in total. The van der Waals surface area contributed by atoms with Crippen LogP contribution in [0.4, 0.5) is 10.1 Å². The predicted octanol–water partition coefficient (Wildman–Crippen LogP) is 2.21. The molecule has 1 aromatic rings. The summed E-state index contributed by atoms with van der Waals surface area (Å²) in [6.45, 7) is 1.41. The van der Waals surface area contributed by atoms with Crippen LogP contribution in [0.2, 0.25) is 0 Å². The van der Waals surface area contributed by atoms with Crippen LogP contribution in [0.25, 0.3) is 0 Å². The molecule has 4 heteroatoms. The summed E-state index contributed by atoms with van der Waals surface area (Å²) in [5.74, 6) is -0.462. The Labute approximate surface area is 76.2 Å². The summed E-state index contributed by atoms with van der Waals surface area (Å²) >= 11 is 0. The molecule has 0 saturated heterocycles. The van der Waals surface area contributed by atoms with Crippen molar-refractivity contribution in [1.29, 1.82) is 0 Å². The molecule has 2 nitrogen and oxygen atoms in total. The minimum absolute atomic E-state index is 0. The predicted molar refractivity (Wildman–Crippen MR) is 48.0 cm³/mol. The quantitative estimate of drug-likeness (QED) is 0.721. The lowest BCUT2D eigenvalue weighted by atomic mass is 10.3. The van der Waals surface area contributed by atoms with Gasteiger partial charge in [-0.2, -0.15) is 0 Å². The van der Waals surface area contributed by atoms with Crippen molar-refractivity contribution in [1.82, 2.24) is 0 Å². The standard InChI is InChI=1S/C8H8FNO.ClH/c1-6(11)10-8-4-2-7(9)3-5-8;/h2-5H,1H3,(H,10,11);1H. The number of carbonyl (C=O) groups is 1. The average molecular weight is 190 g/mol. The second kappa shape index (κ2) is 4.72. The fraction of sp³-hybridized carbons (Fsp3) is 0.125. The van der Waals surface area contributed by atoms with Gasteiger partial charge in [0.1, 0.15) is 5.82 Å². The molecule has 0 aliphatic rings. The van der Waals surface area contributed by atoms with Gasteiger partial charge in [-0.1, -0.05) is 0 Å². The van der Waals surface area contributed by atoms with Crippen molar-refractivity contribution >= 4 is 24.0 Å². The fourth-order valence-electron chi connectivity index (χ4n) is 0.736. The minimum atomic E-state index is -0.306.